The predicted molar refractivity (Wildman–Crippen MR) is 48.3 cm³/mol. The van der Waals surface area contributed by atoms with Crippen molar-refractivity contribution in [3.8, 4) is 0 Å². The van der Waals surface area contributed by atoms with Crippen LogP contribution in [0.3, 0.4) is 0 Å². The summed E-state index contributed by atoms with van der Waals surface area (Å²) in [4.78, 5) is 4.25. The normalized spacial score (nSPS) is 10.7. The lowest BCUT2D eigenvalue weighted by atomic mass is 10.2. The van der Waals surface area contributed by atoms with Crippen LogP contribution in [-0.2, 0) is 6.42 Å². The molecule has 1 rings (SSSR count). The molecule has 0 aliphatic heterocycles. The fraction of sp³-hybridized carbons (Fsp3) is 0.300. The van der Waals surface area contributed by atoms with Crippen molar-refractivity contribution in [3.63, 3.8) is 0 Å². The number of pyridine rings is 1. The minimum Gasteiger partial charge on any atom is -0.257 e. The molecule has 1 nitrogen and oxygen atoms in total. The first-order valence-corrected chi connectivity index (χ1v) is 3.94. The smallest absolute Gasteiger partial charge is 0.0626 e. The zero-order valence-corrected chi connectivity index (χ0v) is 7.04. The van der Waals surface area contributed by atoms with Gasteiger partial charge < -0.3 is 0 Å². The van der Waals surface area contributed by atoms with Crippen LogP contribution in [0.4, 0.5) is 0 Å². The molecule has 0 atom stereocenters. The van der Waals surface area contributed by atoms with Crippen LogP contribution in [0.1, 0.15) is 25.1 Å². The Hall–Kier alpha value is -1.11. The molecule has 0 saturated heterocycles. The van der Waals surface area contributed by atoms with Gasteiger partial charge in [0.15, 0.2) is 0 Å². The molecule has 0 amide bonds. The maximum atomic E-state index is 4.25. The molecule has 0 unspecified atom stereocenters. The quantitative estimate of drug-likeness (QED) is 0.626. The van der Waals surface area contributed by atoms with E-state index in [2.05, 4.69) is 18.0 Å². The van der Waals surface area contributed by atoms with Crippen LogP contribution in [0.15, 0.2) is 24.4 Å². The summed E-state index contributed by atoms with van der Waals surface area (Å²) in [5.41, 5.74) is 2.32. The Morgan fingerprint density at radius 3 is 2.73 bits per heavy atom. The van der Waals surface area contributed by atoms with Crippen LogP contribution in [0.2, 0.25) is 0 Å². The van der Waals surface area contributed by atoms with E-state index < -0.39 is 0 Å². The van der Waals surface area contributed by atoms with E-state index in [4.69, 9.17) is 0 Å². The first-order chi connectivity index (χ1) is 5.36. The fourth-order valence-electron chi connectivity index (χ4n) is 0.914. The largest absolute Gasteiger partial charge is 0.257 e. The standard InChI is InChI=1S/C10H13N/c1-3-5-10-7-6-9(4-2)8-11-10/h3,5-8H,4H2,1-2H3/b5-3+. The third-order valence-corrected chi connectivity index (χ3v) is 1.59. The lowest BCUT2D eigenvalue weighted by Crippen LogP contribution is -1.83. The maximum Gasteiger partial charge on any atom is 0.0626 e. The third kappa shape index (κ3) is 2.19. The van der Waals surface area contributed by atoms with Crippen molar-refractivity contribution in [2.45, 2.75) is 20.3 Å². The number of nitrogens with zero attached hydrogens (tertiary/aromatic N) is 1. The minimum atomic E-state index is 1.03. The van der Waals surface area contributed by atoms with Crippen molar-refractivity contribution in [2.75, 3.05) is 0 Å². The van der Waals surface area contributed by atoms with E-state index in [1.54, 1.807) is 0 Å². The Balaban J connectivity index is 2.82. The lowest BCUT2D eigenvalue weighted by molar-refractivity contribution is 1.10. The van der Waals surface area contributed by atoms with Gasteiger partial charge in [-0.3, -0.25) is 4.98 Å². The van der Waals surface area contributed by atoms with E-state index in [1.807, 2.05) is 31.3 Å². The summed E-state index contributed by atoms with van der Waals surface area (Å²) in [5.74, 6) is 0. The van der Waals surface area contributed by atoms with Gasteiger partial charge in [-0.15, -0.1) is 0 Å². The van der Waals surface area contributed by atoms with E-state index in [0.29, 0.717) is 0 Å². The van der Waals surface area contributed by atoms with Gasteiger partial charge in [0.05, 0.1) is 5.69 Å². The van der Waals surface area contributed by atoms with Crippen LogP contribution in [0.25, 0.3) is 6.08 Å². The Morgan fingerprint density at radius 2 is 2.27 bits per heavy atom. The second-order valence-electron chi connectivity index (χ2n) is 2.44. The summed E-state index contributed by atoms with van der Waals surface area (Å²) in [6.45, 7) is 4.13. The average Bonchev–Trinajstić information content (AvgIpc) is 2.07. The molecule has 1 heteroatoms. The Labute approximate surface area is 67.8 Å². The molecule has 1 aromatic heterocycles. The minimum absolute atomic E-state index is 1.03. The molecule has 0 bridgehead atoms. The number of rotatable bonds is 2. The van der Waals surface area contributed by atoms with E-state index in [1.165, 1.54) is 5.56 Å². The summed E-state index contributed by atoms with van der Waals surface area (Å²) in [6, 6.07) is 4.15. The Morgan fingerprint density at radius 1 is 1.45 bits per heavy atom. The monoisotopic (exact) mass is 147 g/mol. The molecule has 0 aliphatic rings. The van der Waals surface area contributed by atoms with E-state index in [0.717, 1.165) is 12.1 Å². The maximum absolute atomic E-state index is 4.25. The predicted octanol–water partition coefficient (Wildman–Crippen LogP) is 2.68. The first kappa shape index (κ1) is 7.99. The molecule has 0 radical (unpaired) electrons. The van der Waals surface area contributed by atoms with Crippen LogP contribution < -0.4 is 0 Å². The van der Waals surface area contributed by atoms with Gasteiger partial charge in [-0.05, 0) is 31.1 Å². The highest BCUT2D eigenvalue weighted by atomic mass is 14.7. The summed E-state index contributed by atoms with van der Waals surface area (Å²) < 4.78 is 0. The zero-order valence-electron chi connectivity index (χ0n) is 7.04. The summed E-state index contributed by atoms with van der Waals surface area (Å²) in [7, 11) is 0. The summed E-state index contributed by atoms with van der Waals surface area (Å²) in [5, 5.41) is 0. The van der Waals surface area contributed by atoms with Crippen molar-refractivity contribution in [3.05, 3.63) is 35.7 Å². The van der Waals surface area contributed by atoms with Gasteiger partial charge in [0, 0.05) is 6.20 Å². The van der Waals surface area contributed by atoms with E-state index >= 15 is 0 Å². The molecular weight excluding hydrogens is 134 g/mol. The molecule has 1 aromatic rings. The van der Waals surface area contributed by atoms with Crippen molar-refractivity contribution < 1.29 is 0 Å². The molecule has 0 fully saturated rings. The molecule has 1 heterocycles. The Kier molecular flexibility index (Phi) is 2.84. The molecule has 0 saturated carbocycles. The van der Waals surface area contributed by atoms with Gasteiger partial charge in [-0.1, -0.05) is 19.1 Å². The number of aromatic nitrogens is 1. The van der Waals surface area contributed by atoms with Gasteiger partial charge in [0.25, 0.3) is 0 Å². The molecular formula is C10H13N. The molecule has 0 aromatic carbocycles. The van der Waals surface area contributed by atoms with Crippen molar-refractivity contribution in [2.24, 2.45) is 0 Å². The summed E-state index contributed by atoms with van der Waals surface area (Å²) in [6.07, 6.45) is 6.98. The van der Waals surface area contributed by atoms with Gasteiger partial charge in [-0.2, -0.15) is 0 Å². The number of hydrogen-bond acceptors (Lipinski definition) is 1. The second-order valence-corrected chi connectivity index (χ2v) is 2.44. The molecule has 0 aliphatic carbocycles. The van der Waals surface area contributed by atoms with Gasteiger partial charge in [0.1, 0.15) is 0 Å². The lowest BCUT2D eigenvalue weighted by Gasteiger charge is -1.95. The average molecular weight is 147 g/mol. The highest BCUT2D eigenvalue weighted by molar-refractivity contribution is 5.43. The Bertz CT molecular complexity index is 234. The van der Waals surface area contributed by atoms with E-state index in [9.17, 15) is 0 Å². The van der Waals surface area contributed by atoms with Crippen LogP contribution in [0.5, 0.6) is 0 Å². The van der Waals surface area contributed by atoms with Gasteiger partial charge in [0.2, 0.25) is 0 Å². The zero-order chi connectivity index (χ0) is 8.10. The van der Waals surface area contributed by atoms with Gasteiger partial charge >= 0.3 is 0 Å². The van der Waals surface area contributed by atoms with Crippen molar-refractivity contribution in [1.29, 1.82) is 0 Å². The third-order valence-electron chi connectivity index (χ3n) is 1.59. The van der Waals surface area contributed by atoms with Crippen molar-refractivity contribution in [1.82, 2.24) is 4.98 Å². The fourth-order valence-corrected chi connectivity index (χ4v) is 0.914. The number of allylic oxidation sites excluding steroid dienone is 1. The highest BCUT2D eigenvalue weighted by Crippen LogP contribution is 2.01. The topological polar surface area (TPSA) is 12.9 Å². The molecule has 11 heavy (non-hydrogen) atoms. The SMILES string of the molecule is C/C=C/c1ccc(CC)cn1. The number of aryl methyl sites for hydroxylation is 1. The highest BCUT2D eigenvalue weighted by Gasteiger charge is 1.88. The van der Waals surface area contributed by atoms with Crippen LogP contribution >= 0.6 is 0 Å². The summed E-state index contributed by atoms with van der Waals surface area (Å²) >= 11 is 0. The molecule has 58 valence electrons. The second kappa shape index (κ2) is 3.91. The van der Waals surface area contributed by atoms with Crippen LogP contribution in [0, 0.1) is 0 Å². The van der Waals surface area contributed by atoms with Crippen LogP contribution in [-0.4, -0.2) is 4.98 Å². The molecule has 0 N–H and O–H groups in total. The van der Waals surface area contributed by atoms with Gasteiger partial charge in [-0.25, -0.2) is 0 Å². The molecule has 0 spiro atoms. The first-order valence-electron chi connectivity index (χ1n) is 3.94. The van der Waals surface area contributed by atoms with Crippen molar-refractivity contribution >= 4 is 6.08 Å². The van der Waals surface area contributed by atoms with E-state index in [-0.39, 0.29) is 0 Å². The number of hydrogen-bond donors (Lipinski definition) is 0.